The van der Waals surface area contributed by atoms with Gasteiger partial charge < -0.3 is 14.9 Å². The van der Waals surface area contributed by atoms with Crippen LogP contribution in [0.5, 0.6) is 5.75 Å². The Bertz CT molecular complexity index is 544. The molecule has 0 aromatic heterocycles. The molecule has 2 aromatic rings. The van der Waals surface area contributed by atoms with Gasteiger partial charge >= 0.3 is 7.82 Å². The van der Waals surface area contributed by atoms with E-state index in [2.05, 4.69) is 4.52 Å². The van der Waals surface area contributed by atoms with Crippen LogP contribution < -0.4 is 0 Å². The zero-order chi connectivity index (χ0) is 13.6. The zero-order valence-corrected chi connectivity index (χ0v) is 10.7. The van der Waals surface area contributed by atoms with Crippen LogP contribution in [-0.2, 0) is 9.09 Å². The average Bonchev–Trinajstić information content (AvgIpc) is 2.29. The van der Waals surface area contributed by atoms with Crippen LogP contribution in [0, 0.1) is 0 Å². The Morgan fingerprint density at radius 3 is 2.22 bits per heavy atom. The van der Waals surface area contributed by atoms with E-state index < -0.39 is 7.82 Å². The molecule has 0 heterocycles. The van der Waals surface area contributed by atoms with Gasteiger partial charge in [-0.15, -0.1) is 0 Å². The molecule has 0 unspecified atom stereocenters. The Labute approximate surface area is 105 Å². The second kappa shape index (κ2) is 6.52. The van der Waals surface area contributed by atoms with E-state index in [-0.39, 0.29) is 6.61 Å². The lowest BCUT2D eigenvalue weighted by atomic mass is 10.1. The number of phenols is 1. The minimum Gasteiger partial charge on any atom is -0.507 e. The second-order valence-corrected chi connectivity index (χ2v) is 4.65. The van der Waals surface area contributed by atoms with Crippen molar-refractivity contribution in [1.82, 2.24) is 0 Å². The van der Waals surface area contributed by atoms with E-state index in [4.69, 9.17) is 9.79 Å². The van der Waals surface area contributed by atoms with Crippen LogP contribution >= 0.6 is 7.82 Å². The van der Waals surface area contributed by atoms with Crippen LogP contribution in [0.1, 0.15) is 6.92 Å². The number of hydrogen-bond acceptors (Lipinski definition) is 3. The van der Waals surface area contributed by atoms with E-state index in [9.17, 15) is 9.67 Å². The highest BCUT2D eigenvalue weighted by molar-refractivity contribution is 7.46. The van der Waals surface area contributed by atoms with Gasteiger partial charge in [-0.25, -0.2) is 4.57 Å². The maximum Gasteiger partial charge on any atom is 0.469 e. The summed E-state index contributed by atoms with van der Waals surface area (Å²) in [5.74, 6) is 0.350. The summed E-state index contributed by atoms with van der Waals surface area (Å²) in [6.45, 7) is 1.56. The predicted octanol–water partition coefficient (Wildman–Crippen LogP) is 2.66. The predicted molar refractivity (Wildman–Crippen MR) is 69.3 cm³/mol. The van der Waals surface area contributed by atoms with Crippen molar-refractivity contribution in [3.63, 3.8) is 0 Å². The lowest BCUT2D eigenvalue weighted by Gasteiger charge is -1.98. The van der Waals surface area contributed by atoms with Crippen molar-refractivity contribution in [2.75, 3.05) is 6.61 Å². The van der Waals surface area contributed by atoms with Gasteiger partial charge in [0.05, 0.1) is 6.61 Å². The SMILES string of the molecule is CCOP(=O)(O)O.Oc1cccc2ccccc12. The molecular weight excluding hydrogens is 255 g/mol. The molecule has 2 rings (SSSR count). The van der Waals surface area contributed by atoms with Gasteiger partial charge in [-0.3, -0.25) is 4.52 Å². The maximum atomic E-state index is 9.70. The number of phosphoric ester groups is 1. The molecule has 0 atom stereocenters. The van der Waals surface area contributed by atoms with Gasteiger partial charge in [0.2, 0.25) is 0 Å². The monoisotopic (exact) mass is 270 g/mol. The molecule has 0 fully saturated rings. The summed E-state index contributed by atoms with van der Waals surface area (Å²) in [5, 5.41) is 11.4. The Morgan fingerprint density at radius 1 is 1.11 bits per heavy atom. The standard InChI is InChI=1S/C10H8O.C2H7O4P/c11-10-7-3-5-8-4-1-2-6-9(8)10;1-2-6-7(3,4)5/h1-7,11H;2H2,1H3,(H2,3,4,5). The van der Waals surface area contributed by atoms with Gasteiger partial charge in [-0.05, 0) is 18.4 Å². The quantitative estimate of drug-likeness (QED) is 0.730. The van der Waals surface area contributed by atoms with Crippen LogP contribution in [0.15, 0.2) is 42.5 Å². The fourth-order valence-electron chi connectivity index (χ4n) is 1.38. The molecule has 0 aliphatic rings. The topological polar surface area (TPSA) is 87.0 Å². The van der Waals surface area contributed by atoms with Crippen molar-refractivity contribution in [3.8, 4) is 5.75 Å². The fraction of sp³-hybridized carbons (Fsp3) is 0.167. The van der Waals surface area contributed by atoms with E-state index >= 15 is 0 Å². The summed E-state index contributed by atoms with van der Waals surface area (Å²) in [7, 11) is -4.17. The molecule has 0 bridgehead atoms. The summed E-state index contributed by atoms with van der Waals surface area (Å²) in [4.78, 5) is 15.8. The van der Waals surface area contributed by atoms with Gasteiger partial charge in [-0.2, -0.15) is 0 Å². The molecule has 0 amide bonds. The van der Waals surface area contributed by atoms with Crippen LogP contribution in [0.4, 0.5) is 0 Å². The Hall–Kier alpha value is -1.39. The molecule has 0 radical (unpaired) electrons. The number of phosphoric acid groups is 1. The second-order valence-electron chi connectivity index (χ2n) is 3.41. The van der Waals surface area contributed by atoms with Crippen molar-refractivity contribution in [3.05, 3.63) is 42.5 Å². The molecule has 0 saturated carbocycles. The molecular formula is C12H15O5P. The third kappa shape index (κ3) is 4.85. The van der Waals surface area contributed by atoms with Gasteiger partial charge in [-0.1, -0.05) is 36.4 Å². The normalized spacial score (nSPS) is 10.8. The van der Waals surface area contributed by atoms with Crippen LogP contribution in [0.2, 0.25) is 0 Å². The number of benzene rings is 2. The number of fused-ring (bicyclic) bond motifs is 1. The van der Waals surface area contributed by atoms with Crippen molar-refractivity contribution < 1.29 is 24.0 Å². The smallest absolute Gasteiger partial charge is 0.469 e. The molecule has 0 aliphatic heterocycles. The summed E-state index contributed by atoms with van der Waals surface area (Å²) < 4.78 is 13.6. The van der Waals surface area contributed by atoms with Crippen LogP contribution in [0.3, 0.4) is 0 Å². The molecule has 0 aliphatic carbocycles. The first kappa shape index (κ1) is 14.7. The number of rotatable bonds is 2. The molecule has 6 heteroatoms. The van der Waals surface area contributed by atoms with Gasteiger partial charge in [0, 0.05) is 5.39 Å². The lowest BCUT2D eigenvalue weighted by molar-refractivity contribution is 0.206. The van der Waals surface area contributed by atoms with E-state index in [1.54, 1.807) is 6.07 Å². The molecule has 98 valence electrons. The van der Waals surface area contributed by atoms with E-state index in [1.807, 2.05) is 36.4 Å². The van der Waals surface area contributed by atoms with Crippen molar-refractivity contribution in [2.24, 2.45) is 0 Å². The Balaban J connectivity index is 0.000000203. The number of phenolic OH excluding ortho intramolecular Hbond substituents is 1. The molecule has 2 aromatic carbocycles. The molecule has 0 spiro atoms. The largest absolute Gasteiger partial charge is 0.507 e. The first-order valence-electron chi connectivity index (χ1n) is 5.31. The van der Waals surface area contributed by atoms with Crippen molar-refractivity contribution >= 4 is 18.6 Å². The zero-order valence-electron chi connectivity index (χ0n) is 9.85. The number of hydrogen-bond donors (Lipinski definition) is 3. The third-order valence-corrected chi connectivity index (χ3v) is 2.66. The number of aromatic hydroxyl groups is 1. The van der Waals surface area contributed by atoms with E-state index in [1.165, 1.54) is 6.92 Å². The van der Waals surface area contributed by atoms with Crippen LogP contribution in [-0.4, -0.2) is 21.5 Å². The molecule has 18 heavy (non-hydrogen) atoms. The highest BCUT2D eigenvalue weighted by atomic mass is 31.2. The fourth-order valence-corrected chi connectivity index (χ4v) is 1.71. The van der Waals surface area contributed by atoms with Gasteiger partial charge in [0.1, 0.15) is 5.75 Å². The summed E-state index contributed by atoms with van der Waals surface area (Å²) in [6.07, 6.45) is 0. The van der Waals surface area contributed by atoms with Gasteiger partial charge in [0.15, 0.2) is 0 Å². The first-order chi connectivity index (χ1) is 8.44. The third-order valence-electron chi connectivity index (χ3n) is 2.06. The Kier molecular flexibility index (Phi) is 5.31. The Morgan fingerprint density at radius 2 is 1.72 bits per heavy atom. The van der Waals surface area contributed by atoms with E-state index in [0.717, 1.165) is 10.8 Å². The summed E-state index contributed by atoms with van der Waals surface area (Å²) in [5.41, 5.74) is 0. The molecule has 3 N–H and O–H groups in total. The maximum absolute atomic E-state index is 9.70. The molecule has 0 saturated heterocycles. The molecule has 5 nitrogen and oxygen atoms in total. The lowest BCUT2D eigenvalue weighted by Crippen LogP contribution is -1.84. The minimum absolute atomic E-state index is 0.0459. The highest BCUT2D eigenvalue weighted by Gasteiger charge is 2.10. The van der Waals surface area contributed by atoms with Crippen molar-refractivity contribution in [1.29, 1.82) is 0 Å². The van der Waals surface area contributed by atoms with Crippen molar-refractivity contribution in [2.45, 2.75) is 6.92 Å². The minimum atomic E-state index is -4.17. The first-order valence-corrected chi connectivity index (χ1v) is 6.84. The van der Waals surface area contributed by atoms with Crippen LogP contribution in [0.25, 0.3) is 10.8 Å². The van der Waals surface area contributed by atoms with Gasteiger partial charge in [0.25, 0.3) is 0 Å². The highest BCUT2D eigenvalue weighted by Crippen LogP contribution is 2.34. The summed E-state index contributed by atoms with van der Waals surface area (Å²) in [6, 6.07) is 13.3. The van der Waals surface area contributed by atoms with E-state index in [0.29, 0.717) is 5.75 Å². The summed E-state index contributed by atoms with van der Waals surface area (Å²) >= 11 is 0. The average molecular weight is 270 g/mol.